The van der Waals surface area contributed by atoms with Crippen molar-refractivity contribution in [2.75, 3.05) is 11.4 Å². The lowest BCUT2D eigenvalue weighted by Crippen LogP contribution is -2.28. The van der Waals surface area contributed by atoms with E-state index in [4.69, 9.17) is 0 Å². The predicted molar refractivity (Wildman–Crippen MR) is 65.5 cm³/mol. The van der Waals surface area contributed by atoms with Crippen LogP contribution in [0.2, 0.25) is 0 Å². The fourth-order valence-electron chi connectivity index (χ4n) is 2.60. The number of hydrogen-bond donors (Lipinski definition) is 1. The number of aryl methyl sites for hydroxylation is 1. The number of aromatic nitrogens is 1. The summed E-state index contributed by atoms with van der Waals surface area (Å²) >= 11 is 0. The maximum atomic E-state index is 9.36. The van der Waals surface area contributed by atoms with Gasteiger partial charge in [0.15, 0.2) is 0 Å². The molecule has 3 heteroatoms. The molecule has 1 saturated heterocycles. The van der Waals surface area contributed by atoms with Crippen LogP contribution in [-0.4, -0.2) is 22.7 Å². The number of hydrogen-bond acceptors (Lipinski definition) is 3. The molecule has 1 aliphatic heterocycles. The van der Waals surface area contributed by atoms with Gasteiger partial charge in [-0.15, -0.1) is 0 Å². The first-order valence-electron chi connectivity index (χ1n) is 5.95. The van der Waals surface area contributed by atoms with Gasteiger partial charge in [0, 0.05) is 35.7 Å². The van der Waals surface area contributed by atoms with Gasteiger partial charge in [-0.05, 0) is 32.3 Å². The number of aliphatic hydroxyl groups excluding tert-OH is 1. The maximum absolute atomic E-state index is 9.36. The van der Waals surface area contributed by atoms with Crippen LogP contribution in [0.4, 0.5) is 5.69 Å². The van der Waals surface area contributed by atoms with Gasteiger partial charge in [-0.1, -0.05) is 6.92 Å². The SMILES string of the molecule is Cc1cc(N2CC(C)CC2C)c(CO)cn1. The van der Waals surface area contributed by atoms with Crippen molar-refractivity contribution >= 4 is 5.69 Å². The molecule has 1 fully saturated rings. The molecule has 1 aromatic rings. The average molecular weight is 220 g/mol. The zero-order valence-corrected chi connectivity index (χ0v) is 10.3. The summed E-state index contributed by atoms with van der Waals surface area (Å²) in [6, 6.07) is 2.64. The number of aliphatic hydroxyl groups is 1. The van der Waals surface area contributed by atoms with E-state index in [0.717, 1.165) is 29.4 Å². The second kappa shape index (κ2) is 4.42. The standard InChI is InChI=1S/C13H20N2O/c1-9-4-11(3)15(7-9)13-5-10(2)14-6-12(13)8-16/h5-6,9,11,16H,4,7-8H2,1-3H3. The van der Waals surface area contributed by atoms with E-state index in [1.807, 2.05) is 6.92 Å². The molecule has 1 aliphatic rings. The molecule has 0 bridgehead atoms. The molecule has 0 amide bonds. The van der Waals surface area contributed by atoms with Crippen LogP contribution in [0.3, 0.4) is 0 Å². The minimum atomic E-state index is 0.0697. The highest BCUT2D eigenvalue weighted by Gasteiger charge is 2.27. The molecule has 2 atom stereocenters. The lowest BCUT2D eigenvalue weighted by atomic mass is 10.1. The summed E-state index contributed by atoms with van der Waals surface area (Å²) in [6.07, 6.45) is 3.02. The van der Waals surface area contributed by atoms with Crippen LogP contribution in [0.5, 0.6) is 0 Å². The second-order valence-electron chi connectivity index (χ2n) is 4.95. The third kappa shape index (κ3) is 2.05. The van der Waals surface area contributed by atoms with Crippen LogP contribution in [-0.2, 0) is 6.61 Å². The maximum Gasteiger partial charge on any atom is 0.0717 e. The smallest absolute Gasteiger partial charge is 0.0717 e. The van der Waals surface area contributed by atoms with Gasteiger partial charge in [0.1, 0.15) is 0 Å². The van der Waals surface area contributed by atoms with Gasteiger partial charge in [0.25, 0.3) is 0 Å². The molecule has 2 heterocycles. The number of rotatable bonds is 2. The molecule has 0 spiro atoms. The van der Waals surface area contributed by atoms with E-state index in [9.17, 15) is 5.11 Å². The van der Waals surface area contributed by atoms with Crippen molar-refractivity contribution in [3.8, 4) is 0 Å². The molecule has 0 aliphatic carbocycles. The molecule has 2 unspecified atom stereocenters. The topological polar surface area (TPSA) is 36.4 Å². The third-order valence-electron chi connectivity index (χ3n) is 3.36. The second-order valence-corrected chi connectivity index (χ2v) is 4.95. The number of nitrogens with zero attached hydrogens (tertiary/aromatic N) is 2. The Bertz CT molecular complexity index is 378. The zero-order valence-electron chi connectivity index (χ0n) is 10.3. The van der Waals surface area contributed by atoms with Gasteiger partial charge in [-0.25, -0.2) is 0 Å². The van der Waals surface area contributed by atoms with E-state index in [1.54, 1.807) is 6.20 Å². The Kier molecular flexibility index (Phi) is 3.15. The van der Waals surface area contributed by atoms with E-state index < -0.39 is 0 Å². The molecule has 0 radical (unpaired) electrons. The monoisotopic (exact) mass is 220 g/mol. The van der Waals surface area contributed by atoms with Crippen LogP contribution >= 0.6 is 0 Å². The van der Waals surface area contributed by atoms with Gasteiger partial charge in [-0.2, -0.15) is 0 Å². The lowest BCUT2D eigenvalue weighted by molar-refractivity contribution is 0.281. The minimum Gasteiger partial charge on any atom is -0.392 e. The van der Waals surface area contributed by atoms with Crippen LogP contribution in [0.25, 0.3) is 0 Å². The van der Waals surface area contributed by atoms with Crippen molar-refractivity contribution in [1.29, 1.82) is 0 Å². The first-order valence-corrected chi connectivity index (χ1v) is 5.95. The van der Waals surface area contributed by atoms with Crippen LogP contribution < -0.4 is 4.90 Å². The summed E-state index contributed by atoms with van der Waals surface area (Å²) in [6.45, 7) is 7.68. The van der Waals surface area contributed by atoms with E-state index in [-0.39, 0.29) is 6.61 Å². The van der Waals surface area contributed by atoms with Crippen molar-refractivity contribution in [3.05, 3.63) is 23.5 Å². The Morgan fingerprint density at radius 2 is 2.25 bits per heavy atom. The highest BCUT2D eigenvalue weighted by molar-refractivity contribution is 5.55. The Balaban J connectivity index is 2.35. The van der Waals surface area contributed by atoms with Crippen molar-refractivity contribution in [2.24, 2.45) is 5.92 Å². The molecule has 2 rings (SSSR count). The predicted octanol–water partition coefficient (Wildman–Crippen LogP) is 2.12. The summed E-state index contributed by atoms with van der Waals surface area (Å²) in [4.78, 5) is 6.63. The van der Waals surface area contributed by atoms with Crippen LogP contribution in [0.1, 0.15) is 31.5 Å². The third-order valence-corrected chi connectivity index (χ3v) is 3.36. The first-order chi connectivity index (χ1) is 7.61. The van der Waals surface area contributed by atoms with Crippen molar-refractivity contribution in [3.63, 3.8) is 0 Å². The van der Waals surface area contributed by atoms with Gasteiger partial charge < -0.3 is 10.0 Å². The van der Waals surface area contributed by atoms with E-state index in [1.165, 1.54) is 6.42 Å². The number of anilines is 1. The quantitative estimate of drug-likeness (QED) is 0.829. The fourth-order valence-corrected chi connectivity index (χ4v) is 2.60. The molecular formula is C13H20N2O. The molecule has 16 heavy (non-hydrogen) atoms. The van der Waals surface area contributed by atoms with Crippen molar-refractivity contribution in [1.82, 2.24) is 4.98 Å². The average Bonchev–Trinajstić information content (AvgIpc) is 2.57. The Morgan fingerprint density at radius 3 is 2.81 bits per heavy atom. The molecular weight excluding hydrogens is 200 g/mol. The fraction of sp³-hybridized carbons (Fsp3) is 0.615. The summed E-state index contributed by atoms with van der Waals surface area (Å²) in [5, 5.41) is 9.36. The molecule has 0 aromatic carbocycles. The largest absolute Gasteiger partial charge is 0.392 e. The summed E-state index contributed by atoms with van der Waals surface area (Å²) in [5.41, 5.74) is 3.11. The summed E-state index contributed by atoms with van der Waals surface area (Å²) in [7, 11) is 0. The molecule has 88 valence electrons. The van der Waals surface area contributed by atoms with Gasteiger partial charge in [-0.3, -0.25) is 4.98 Å². The highest BCUT2D eigenvalue weighted by atomic mass is 16.3. The van der Waals surface area contributed by atoms with E-state index in [2.05, 4.69) is 29.8 Å². The summed E-state index contributed by atoms with van der Waals surface area (Å²) < 4.78 is 0. The molecule has 3 nitrogen and oxygen atoms in total. The normalized spacial score (nSPS) is 25.1. The molecule has 1 aromatic heterocycles. The molecule has 0 saturated carbocycles. The van der Waals surface area contributed by atoms with Gasteiger partial charge in [0.2, 0.25) is 0 Å². The lowest BCUT2D eigenvalue weighted by Gasteiger charge is -2.26. The molecule has 1 N–H and O–H groups in total. The van der Waals surface area contributed by atoms with Gasteiger partial charge >= 0.3 is 0 Å². The zero-order chi connectivity index (χ0) is 11.7. The first kappa shape index (κ1) is 11.4. The van der Waals surface area contributed by atoms with Crippen LogP contribution in [0.15, 0.2) is 12.3 Å². The number of pyridine rings is 1. The van der Waals surface area contributed by atoms with Crippen molar-refractivity contribution in [2.45, 2.75) is 39.8 Å². The van der Waals surface area contributed by atoms with Crippen LogP contribution in [0, 0.1) is 12.8 Å². The highest BCUT2D eigenvalue weighted by Crippen LogP contribution is 2.31. The Morgan fingerprint density at radius 1 is 1.50 bits per heavy atom. The van der Waals surface area contributed by atoms with Gasteiger partial charge in [0.05, 0.1) is 6.61 Å². The van der Waals surface area contributed by atoms with E-state index >= 15 is 0 Å². The van der Waals surface area contributed by atoms with E-state index in [0.29, 0.717) is 6.04 Å². The Labute approximate surface area is 97.1 Å². The summed E-state index contributed by atoms with van der Waals surface area (Å²) in [5.74, 6) is 0.731. The van der Waals surface area contributed by atoms with Crippen molar-refractivity contribution < 1.29 is 5.11 Å². The minimum absolute atomic E-state index is 0.0697. The Hall–Kier alpha value is -1.09.